The summed E-state index contributed by atoms with van der Waals surface area (Å²) >= 11 is 2.15. The highest BCUT2D eigenvalue weighted by molar-refractivity contribution is 14.1. The maximum atomic E-state index is 5.83. The molecule has 4 nitrogen and oxygen atoms in total. The Morgan fingerprint density at radius 2 is 2.00 bits per heavy atom. The van der Waals surface area contributed by atoms with Crippen LogP contribution in [0.2, 0.25) is 0 Å². The fraction of sp³-hybridized carbons (Fsp3) is 0.182. The monoisotopic (exact) mass is 326 g/mol. The van der Waals surface area contributed by atoms with E-state index in [4.69, 9.17) is 5.73 Å². The van der Waals surface area contributed by atoms with Crippen molar-refractivity contribution in [3.05, 3.63) is 33.3 Å². The molecule has 2 heterocycles. The molecule has 2 aromatic heterocycles. The topological polar surface area (TPSA) is 64.7 Å². The fourth-order valence-corrected chi connectivity index (χ4v) is 1.64. The normalized spacial score (nSPS) is 10.4. The predicted octanol–water partition coefficient (Wildman–Crippen LogP) is 2.34. The second-order valence-electron chi connectivity index (χ2n) is 3.52. The van der Waals surface area contributed by atoms with Gasteiger partial charge in [-0.25, -0.2) is 9.97 Å². The van der Waals surface area contributed by atoms with Crippen LogP contribution in [-0.4, -0.2) is 15.0 Å². The molecule has 2 aromatic rings. The van der Waals surface area contributed by atoms with E-state index in [1.54, 1.807) is 12.4 Å². The molecule has 0 aliphatic heterocycles. The highest BCUT2D eigenvalue weighted by Gasteiger charge is 2.10. The number of anilines is 1. The van der Waals surface area contributed by atoms with E-state index < -0.39 is 0 Å². The largest absolute Gasteiger partial charge is 0.383 e. The van der Waals surface area contributed by atoms with Crippen molar-refractivity contribution in [2.45, 2.75) is 13.8 Å². The van der Waals surface area contributed by atoms with Crippen LogP contribution in [0.4, 0.5) is 5.82 Å². The molecule has 0 bridgehead atoms. The van der Waals surface area contributed by atoms with Crippen molar-refractivity contribution in [1.82, 2.24) is 15.0 Å². The van der Waals surface area contributed by atoms with Gasteiger partial charge in [0.05, 0.1) is 9.26 Å². The van der Waals surface area contributed by atoms with Crippen molar-refractivity contribution < 1.29 is 0 Å². The van der Waals surface area contributed by atoms with Crippen molar-refractivity contribution in [3.63, 3.8) is 0 Å². The molecule has 0 aliphatic rings. The fourth-order valence-electron chi connectivity index (χ4n) is 1.40. The third kappa shape index (κ3) is 1.99. The molecule has 0 saturated heterocycles. The van der Waals surface area contributed by atoms with Gasteiger partial charge in [-0.2, -0.15) is 0 Å². The van der Waals surface area contributed by atoms with E-state index in [0.717, 1.165) is 20.4 Å². The molecular weight excluding hydrogens is 315 g/mol. The van der Waals surface area contributed by atoms with Crippen LogP contribution in [0.15, 0.2) is 18.5 Å². The van der Waals surface area contributed by atoms with Crippen LogP contribution in [-0.2, 0) is 0 Å². The minimum atomic E-state index is 0.520. The van der Waals surface area contributed by atoms with Gasteiger partial charge in [0.2, 0.25) is 0 Å². The number of nitrogens with two attached hydrogens (primary N) is 1. The van der Waals surface area contributed by atoms with E-state index in [1.807, 2.05) is 19.9 Å². The lowest BCUT2D eigenvalue weighted by Crippen LogP contribution is -2.03. The summed E-state index contributed by atoms with van der Waals surface area (Å²) in [6.45, 7) is 3.93. The molecule has 0 radical (unpaired) electrons. The number of nitrogen functional groups attached to an aromatic ring is 1. The highest BCUT2D eigenvalue weighted by Crippen LogP contribution is 2.23. The third-order valence-corrected chi connectivity index (χ3v) is 3.66. The Kier molecular flexibility index (Phi) is 3.04. The number of nitrogens with zero attached hydrogens (tertiary/aromatic N) is 3. The number of aromatic nitrogens is 3. The zero-order valence-corrected chi connectivity index (χ0v) is 11.2. The Balaban J connectivity index is 2.62. The zero-order chi connectivity index (χ0) is 11.7. The summed E-state index contributed by atoms with van der Waals surface area (Å²) in [7, 11) is 0. The predicted molar refractivity (Wildman–Crippen MR) is 71.9 cm³/mol. The molecule has 0 aromatic carbocycles. The van der Waals surface area contributed by atoms with E-state index in [1.165, 1.54) is 0 Å². The summed E-state index contributed by atoms with van der Waals surface area (Å²) < 4.78 is 0.905. The van der Waals surface area contributed by atoms with E-state index in [0.29, 0.717) is 11.6 Å². The first-order valence-corrected chi connectivity index (χ1v) is 5.88. The van der Waals surface area contributed by atoms with Crippen molar-refractivity contribution in [1.29, 1.82) is 0 Å². The van der Waals surface area contributed by atoms with Gasteiger partial charge in [0.25, 0.3) is 0 Å². The van der Waals surface area contributed by atoms with Gasteiger partial charge in [-0.15, -0.1) is 0 Å². The summed E-state index contributed by atoms with van der Waals surface area (Å²) in [5, 5.41) is 0. The Morgan fingerprint density at radius 1 is 1.25 bits per heavy atom. The average molecular weight is 326 g/mol. The van der Waals surface area contributed by atoms with Crippen molar-refractivity contribution >= 4 is 28.4 Å². The molecule has 0 fully saturated rings. The van der Waals surface area contributed by atoms with E-state index in [2.05, 4.69) is 37.5 Å². The first-order chi connectivity index (χ1) is 7.59. The second-order valence-corrected chi connectivity index (χ2v) is 4.60. The second kappa shape index (κ2) is 4.32. The standard InChI is InChI=1S/C11H11IN4/c1-6-3-4-14-5-8(6)11-15-7(2)9(12)10(13)16-11/h3-5H,1-2H3,(H2,13,15,16). The van der Waals surface area contributed by atoms with E-state index in [-0.39, 0.29) is 0 Å². The van der Waals surface area contributed by atoms with Crippen LogP contribution in [0, 0.1) is 17.4 Å². The maximum Gasteiger partial charge on any atom is 0.163 e. The first-order valence-electron chi connectivity index (χ1n) is 4.80. The molecule has 16 heavy (non-hydrogen) atoms. The van der Waals surface area contributed by atoms with Crippen LogP contribution in [0.5, 0.6) is 0 Å². The lowest BCUT2D eigenvalue weighted by molar-refractivity contribution is 1.09. The first kappa shape index (κ1) is 11.3. The van der Waals surface area contributed by atoms with Crippen LogP contribution in [0.1, 0.15) is 11.3 Å². The molecule has 2 N–H and O–H groups in total. The van der Waals surface area contributed by atoms with Crippen molar-refractivity contribution in [2.75, 3.05) is 5.73 Å². The van der Waals surface area contributed by atoms with Crippen LogP contribution >= 0.6 is 22.6 Å². The Bertz CT molecular complexity index is 516. The van der Waals surface area contributed by atoms with Gasteiger partial charge in [0, 0.05) is 18.0 Å². The molecule has 82 valence electrons. The summed E-state index contributed by atoms with van der Waals surface area (Å²) in [6, 6.07) is 1.93. The molecule has 0 aliphatic carbocycles. The van der Waals surface area contributed by atoms with Gasteiger partial charge in [-0.3, -0.25) is 4.98 Å². The van der Waals surface area contributed by atoms with Gasteiger partial charge < -0.3 is 5.73 Å². The smallest absolute Gasteiger partial charge is 0.163 e. The average Bonchev–Trinajstić information content (AvgIpc) is 2.26. The van der Waals surface area contributed by atoms with Crippen molar-refractivity contribution in [3.8, 4) is 11.4 Å². The third-order valence-electron chi connectivity index (χ3n) is 2.32. The summed E-state index contributed by atoms with van der Waals surface area (Å²) in [4.78, 5) is 12.8. The van der Waals surface area contributed by atoms with Gasteiger partial charge in [0.1, 0.15) is 5.82 Å². The number of hydrogen-bond donors (Lipinski definition) is 1. The van der Waals surface area contributed by atoms with Crippen LogP contribution < -0.4 is 5.73 Å². The zero-order valence-electron chi connectivity index (χ0n) is 9.03. The molecule has 2 rings (SSSR count). The minimum absolute atomic E-state index is 0.520. The molecule has 0 saturated carbocycles. The van der Waals surface area contributed by atoms with Crippen molar-refractivity contribution in [2.24, 2.45) is 0 Å². The number of halogens is 1. The molecule has 0 atom stereocenters. The number of rotatable bonds is 1. The van der Waals surface area contributed by atoms with Crippen LogP contribution in [0.25, 0.3) is 11.4 Å². The molecule has 0 amide bonds. The summed E-state index contributed by atoms with van der Waals surface area (Å²) in [6.07, 6.45) is 3.51. The quantitative estimate of drug-likeness (QED) is 0.817. The van der Waals surface area contributed by atoms with Crippen LogP contribution in [0.3, 0.4) is 0 Å². The summed E-state index contributed by atoms with van der Waals surface area (Å²) in [5.41, 5.74) is 8.74. The van der Waals surface area contributed by atoms with Gasteiger partial charge >= 0.3 is 0 Å². The van der Waals surface area contributed by atoms with Gasteiger partial charge in [0.15, 0.2) is 5.82 Å². The molecular formula is C11H11IN4. The Labute approximate surface area is 107 Å². The van der Waals surface area contributed by atoms with Gasteiger partial charge in [-0.1, -0.05) is 0 Å². The number of hydrogen-bond acceptors (Lipinski definition) is 4. The molecule has 0 spiro atoms. The van der Waals surface area contributed by atoms with Gasteiger partial charge in [-0.05, 0) is 48.1 Å². The summed E-state index contributed by atoms with van der Waals surface area (Å²) in [5.74, 6) is 1.16. The molecule has 0 unspecified atom stereocenters. The van der Waals surface area contributed by atoms with E-state index in [9.17, 15) is 0 Å². The minimum Gasteiger partial charge on any atom is -0.383 e. The van der Waals surface area contributed by atoms with E-state index >= 15 is 0 Å². The molecule has 5 heteroatoms. The number of aryl methyl sites for hydroxylation is 2. The SMILES string of the molecule is Cc1ccncc1-c1nc(C)c(I)c(N)n1. The lowest BCUT2D eigenvalue weighted by atomic mass is 10.1. The Hall–Kier alpha value is -1.24. The Morgan fingerprint density at radius 3 is 2.62 bits per heavy atom. The lowest BCUT2D eigenvalue weighted by Gasteiger charge is -2.07. The number of pyridine rings is 1. The highest BCUT2D eigenvalue weighted by atomic mass is 127. The maximum absolute atomic E-state index is 5.83.